The van der Waals surface area contributed by atoms with Crippen molar-refractivity contribution in [1.29, 1.82) is 5.26 Å². The summed E-state index contributed by atoms with van der Waals surface area (Å²) in [6, 6.07) is 12.6. The van der Waals surface area contributed by atoms with Crippen molar-refractivity contribution in [3.05, 3.63) is 59.2 Å². The molecule has 1 aliphatic heterocycles. The highest BCUT2D eigenvalue weighted by molar-refractivity contribution is 7.89. The molecule has 0 aromatic heterocycles. The van der Waals surface area contributed by atoms with Crippen molar-refractivity contribution in [2.75, 3.05) is 26.3 Å². The quantitative estimate of drug-likeness (QED) is 0.590. The lowest BCUT2D eigenvalue weighted by Crippen LogP contribution is -2.40. The van der Waals surface area contributed by atoms with Gasteiger partial charge < -0.3 is 9.47 Å². The van der Waals surface area contributed by atoms with Crippen molar-refractivity contribution in [1.82, 2.24) is 4.31 Å². The second-order valence-corrected chi connectivity index (χ2v) is 7.96. The monoisotopic (exact) mass is 386 g/mol. The first-order valence-electron chi connectivity index (χ1n) is 8.33. The molecular weight excluding hydrogens is 368 g/mol. The molecule has 0 saturated carbocycles. The van der Waals surface area contributed by atoms with Crippen LogP contribution in [0.3, 0.4) is 0 Å². The smallest absolute Gasteiger partial charge is 0.343 e. The molecule has 0 amide bonds. The Morgan fingerprint density at radius 1 is 1.19 bits per heavy atom. The van der Waals surface area contributed by atoms with Crippen molar-refractivity contribution in [2.24, 2.45) is 0 Å². The highest BCUT2D eigenvalue weighted by atomic mass is 32.2. The second-order valence-electron chi connectivity index (χ2n) is 6.02. The van der Waals surface area contributed by atoms with E-state index < -0.39 is 16.0 Å². The Bertz CT molecular complexity index is 1010. The van der Waals surface area contributed by atoms with E-state index in [0.717, 1.165) is 0 Å². The first kappa shape index (κ1) is 19.0. The van der Waals surface area contributed by atoms with Crippen molar-refractivity contribution in [2.45, 2.75) is 11.8 Å². The minimum atomic E-state index is -3.72. The van der Waals surface area contributed by atoms with Gasteiger partial charge in [0, 0.05) is 13.1 Å². The van der Waals surface area contributed by atoms with Gasteiger partial charge in [0.15, 0.2) is 0 Å². The Balaban J connectivity index is 1.88. The Labute approximate surface area is 157 Å². The maximum Gasteiger partial charge on any atom is 0.343 e. The summed E-state index contributed by atoms with van der Waals surface area (Å²) < 4.78 is 37.4. The molecule has 1 aliphatic rings. The Morgan fingerprint density at radius 3 is 2.63 bits per heavy atom. The third-order valence-corrected chi connectivity index (χ3v) is 6.11. The van der Waals surface area contributed by atoms with Gasteiger partial charge in [-0.15, -0.1) is 0 Å². The zero-order chi connectivity index (χ0) is 19.4. The number of rotatable bonds is 4. The number of esters is 1. The van der Waals surface area contributed by atoms with E-state index in [1.54, 1.807) is 31.2 Å². The van der Waals surface area contributed by atoms with Gasteiger partial charge in [0.2, 0.25) is 10.0 Å². The number of hydrogen-bond acceptors (Lipinski definition) is 6. The number of hydrogen-bond donors (Lipinski definition) is 0. The third-order valence-electron chi connectivity index (χ3n) is 4.21. The molecule has 8 heteroatoms. The first-order chi connectivity index (χ1) is 12.9. The van der Waals surface area contributed by atoms with Crippen molar-refractivity contribution in [3.63, 3.8) is 0 Å². The summed E-state index contributed by atoms with van der Waals surface area (Å²) in [5.74, 6) is -0.457. The summed E-state index contributed by atoms with van der Waals surface area (Å²) in [5, 5.41) is 8.94. The molecule has 0 atom stereocenters. The minimum Gasteiger partial charge on any atom is -0.423 e. The Morgan fingerprint density at radius 2 is 1.93 bits per heavy atom. The second kappa shape index (κ2) is 7.88. The topological polar surface area (TPSA) is 96.7 Å². The van der Waals surface area contributed by atoms with E-state index in [2.05, 4.69) is 0 Å². The molecule has 0 unspecified atom stereocenters. The van der Waals surface area contributed by atoms with Crippen LogP contribution in [0.25, 0.3) is 0 Å². The van der Waals surface area contributed by atoms with Crippen LogP contribution in [0.5, 0.6) is 5.75 Å². The van der Waals surface area contributed by atoms with Gasteiger partial charge in [-0.2, -0.15) is 9.57 Å². The van der Waals surface area contributed by atoms with E-state index in [1.165, 1.54) is 22.5 Å². The largest absolute Gasteiger partial charge is 0.423 e. The number of carbonyl (C=O) groups excluding carboxylic acids is 1. The lowest BCUT2D eigenvalue weighted by molar-refractivity contribution is 0.0727. The third kappa shape index (κ3) is 4.17. The standard InChI is InChI=1S/C19H18N2O5S/c1-14-5-6-17(27(23,24)21-7-9-25-10-8-21)12-18(14)19(22)26-16-4-2-3-15(11-16)13-20/h2-6,11-12H,7-10H2,1H3. The van der Waals surface area contributed by atoms with E-state index in [1.807, 2.05) is 6.07 Å². The average molecular weight is 386 g/mol. The minimum absolute atomic E-state index is 0.0349. The van der Waals surface area contributed by atoms with Crippen molar-refractivity contribution in [3.8, 4) is 11.8 Å². The maximum absolute atomic E-state index is 12.8. The average Bonchev–Trinajstić information content (AvgIpc) is 2.69. The fourth-order valence-electron chi connectivity index (χ4n) is 2.71. The highest BCUT2D eigenvalue weighted by Gasteiger charge is 2.27. The highest BCUT2D eigenvalue weighted by Crippen LogP contribution is 2.22. The summed E-state index contributed by atoms with van der Waals surface area (Å²) >= 11 is 0. The molecule has 2 aromatic rings. The number of benzene rings is 2. The molecule has 0 N–H and O–H groups in total. The molecule has 0 spiro atoms. The Hall–Kier alpha value is -2.73. The SMILES string of the molecule is Cc1ccc(S(=O)(=O)N2CCOCC2)cc1C(=O)Oc1cccc(C#N)c1. The normalized spacial score (nSPS) is 15.1. The van der Waals surface area contributed by atoms with Gasteiger partial charge in [-0.3, -0.25) is 0 Å². The van der Waals surface area contributed by atoms with Crippen LogP contribution in [0.1, 0.15) is 21.5 Å². The number of carbonyl (C=O) groups is 1. The maximum atomic E-state index is 12.8. The van der Waals surface area contributed by atoms with Crippen LogP contribution in [0, 0.1) is 18.3 Å². The van der Waals surface area contributed by atoms with E-state index in [0.29, 0.717) is 24.3 Å². The summed E-state index contributed by atoms with van der Waals surface area (Å²) in [5.41, 5.74) is 1.12. The number of nitrogens with zero attached hydrogens (tertiary/aromatic N) is 2. The van der Waals surface area contributed by atoms with Crippen LogP contribution < -0.4 is 4.74 Å². The van der Waals surface area contributed by atoms with Crippen LogP contribution in [0.15, 0.2) is 47.4 Å². The number of aryl methyl sites for hydroxylation is 1. The van der Waals surface area contributed by atoms with Gasteiger partial charge in [-0.05, 0) is 42.8 Å². The van der Waals surface area contributed by atoms with Gasteiger partial charge in [0.25, 0.3) is 0 Å². The summed E-state index contributed by atoms with van der Waals surface area (Å²) in [4.78, 5) is 12.6. The molecule has 27 heavy (non-hydrogen) atoms. The fraction of sp³-hybridized carbons (Fsp3) is 0.263. The van der Waals surface area contributed by atoms with Crippen LogP contribution in [0.2, 0.25) is 0 Å². The molecular formula is C19H18N2O5S. The first-order valence-corrected chi connectivity index (χ1v) is 9.77. The molecule has 0 aliphatic carbocycles. The predicted octanol–water partition coefficient (Wildman–Crippen LogP) is 2.11. The van der Waals surface area contributed by atoms with Crippen LogP contribution in [0.4, 0.5) is 0 Å². The fourth-order valence-corrected chi connectivity index (χ4v) is 4.14. The van der Waals surface area contributed by atoms with Crippen molar-refractivity contribution >= 4 is 16.0 Å². The van der Waals surface area contributed by atoms with Crippen LogP contribution in [-0.2, 0) is 14.8 Å². The van der Waals surface area contributed by atoms with E-state index in [4.69, 9.17) is 14.7 Å². The summed E-state index contributed by atoms with van der Waals surface area (Å²) in [6.07, 6.45) is 0. The molecule has 1 heterocycles. The van der Waals surface area contributed by atoms with Gasteiger partial charge in [0.1, 0.15) is 5.75 Å². The molecule has 2 aromatic carbocycles. The zero-order valence-corrected chi connectivity index (χ0v) is 15.5. The van der Waals surface area contributed by atoms with Crippen LogP contribution in [-0.4, -0.2) is 45.0 Å². The van der Waals surface area contributed by atoms with Gasteiger partial charge in [0.05, 0.1) is 35.3 Å². The van der Waals surface area contributed by atoms with E-state index >= 15 is 0 Å². The van der Waals surface area contributed by atoms with Crippen LogP contribution >= 0.6 is 0 Å². The lowest BCUT2D eigenvalue weighted by atomic mass is 10.1. The number of morpholine rings is 1. The molecule has 1 saturated heterocycles. The predicted molar refractivity (Wildman–Crippen MR) is 96.9 cm³/mol. The summed E-state index contributed by atoms with van der Waals surface area (Å²) in [6.45, 7) is 2.94. The number of sulfonamides is 1. The Kier molecular flexibility index (Phi) is 5.56. The molecule has 1 fully saturated rings. The van der Waals surface area contributed by atoms with E-state index in [9.17, 15) is 13.2 Å². The lowest BCUT2D eigenvalue weighted by Gasteiger charge is -2.26. The molecule has 0 radical (unpaired) electrons. The molecule has 0 bridgehead atoms. The van der Waals surface area contributed by atoms with Gasteiger partial charge in [-0.1, -0.05) is 12.1 Å². The molecule has 3 rings (SSSR count). The van der Waals surface area contributed by atoms with E-state index in [-0.39, 0.29) is 29.3 Å². The molecule has 7 nitrogen and oxygen atoms in total. The van der Waals surface area contributed by atoms with Crippen molar-refractivity contribution < 1.29 is 22.7 Å². The van der Waals surface area contributed by atoms with Gasteiger partial charge in [-0.25, -0.2) is 13.2 Å². The number of ether oxygens (including phenoxy) is 2. The molecule has 140 valence electrons. The number of nitriles is 1. The summed E-state index contributed by atoms with van der Waals surface area (Å²) in [7, 11) is -3.72. The zero-order valence-electron chi connectivity index (χ0n) is 14.7. The van der Waals surface area contributed by atoms with Gasteiger partial charge >= 0.3 is 5.97 Å².